The van der Waals surface area contributed by atoms with Crippen molar-refractivity contribution in [2.75, 3.05) is 7.11 Å². The summed E-state index contributed by atoms with van der Waals surface area (Å²) in [6, 6.07) is 3.52. The number of fused-ring (bicyclic) bond motifs is 1. The van der Waals surface area contributed by atoms with E-state index >= 15 is 0 Å². The van der Waals surface area contributed by atoms with Gasteiger partial charge in [-0.05, 0) is 31.4 Å². The summed E-state index contributed by atoms with van der Waals surface area (Å²) in [7, 11) is 1.50. The van der Waals surface area contributed by atoms with Crippen LogP contribution < -0.4 is 10.2 Å². The first-order valence-electron chi connectivity index (χ1n) is 8.51. The fourth-order valence-electron chi connectivity index (χ4n) is 3.10. The first-order valence-corrected chi connectivity index (χ1v) is 8.51. The molecule has 1 aromatic heterocycles. The molecule has 2 aromatic rings. The Hall–Kier alpha value is -1.97. The van der Waals surface area contributed by atoms with E-state index in [9.17, 15) is 9.90 Å². The van der Waals surface area contributed by atoms with Gasteiger partial charge in [-0.1, -0.05) is 45.1 Å². The minimum Gasteiger partial charge on any atom is -0.506 e. The molecule has 0 bridgehead atoms. The second-order valence-electron chi connectivity index (χ2n) is 6.12. The second kappa shape index (κ2) is 8.04. The van der Waals surface area contributed by atoms with E-state index in [0.717, 1.165) is 18.4 Å². The SMILES string of the molecule is CCCCCCCCc1ccc(O)c2[nH]c(C)c(OC)c(=O)c12. The Morgan fingerprint density at radius 1 is 1.13 bits per heavy atom. The lowest BCUT2D eigenvalue weighted by molar-refractivity contribution is 0.406. The Bertz CT molecular complexity index is 719. The van der Waals surface area contributed by atoms with Crippen LogP contribution in [0.2, 0.25) is 0 Å². The Balaban J connectivity index is 2.27. The van der Waals surface area contributed by atoms with Crippen molar-refractivity contribution in [1.82, 2.24) is 4.98 Å². The van der Waals surface area contributed by atoms with E-state index in [-0.39, 0.29) is 11.2 Å². The summed E-state index contributed by atoms with van der Waals surface area (Å²) in [6.45, 7) is 3.99. The van der Waals surface area contributed by atoms with Gasteiger partial charge in [0.25, 0.3) is 0 Å². The summed E-state index contributed by atoms with van der Waals surface area (Å²) in [5.74, 6) is 0.432. The van der Waals surface area contributed by atoms with E-state index < -0.39 is 0 Å². The number of unbranched alkanes of at least 4 members (excludes halogenated alkanes) is 5. The third-order valence-electron chi connectivity index (χ3n) is 4.36. The molecule has 1 aromatic carbocycles. The van der Waals surface area contributed by atoms with Crippen molar-refractivity contribution in [2.24, 2.45) is 0 Å². The van der Waals surface area contributed by atoms with Crippen LogP contribution in [0.1, 0.15) is 56.7 Å². The molecule has 2 rings (SSSR count). The van der Waals surface area contributed by atoms with Gasteiger partial charge in [-0.15, -0.1) is 0 Å². The number of aromatic nitrogens is 1. The number of ether oxygens (including phenoxy) is 1. The van der Waals surface area contributed by atoms with Crippen LogP contribution >= 0.6 is 0 Å². The largest absolute Gasteiger partial charge is 0.506 e. The molecule has 0 atom stereocenters. The molecule has 0 aliphatic rings. The van der Waals surface area contributed by atoms with E-state index in [4.69, 9.17) is 4.74 Å². The lowest BCUT2D eigenvalue weighted by Gasteiger charge is -2.11. The smallest absolute Gasteiger partial charge is 0.231 e. The molecule has 23 heavy (non-hydrogen) atoms. The Morgan fingerprint density at radius 3 is 2.52 bits per heavy atom. The van der Waals surface area contributed by atoms with Crippen molar-refractivity contribution in [3.05, 3.63) is 33.6 Å². The number of benzene rings is 1. The maximum absolute atomic E-state index is 12.7. The molecule has 0 saturated carbocycles. The van der Waals surface area contributed by atoms with Crippen LogP contribution in [0.25, 0.3) is 10.9 Å². The molecule has 4 heteroatoms. The zero-order valence-electron chi connectivity index (χ0n) is 14.4. The third-order valence-corrected chi connectivity index (χ3v) is 4.36. The third kappa shape index (κ3) is 3.87. The van der Waals surface area contributed by atoms with Crippen molar-refractivity contribution < 1.29 is 9.84 Å². The van der Waals surface area contributed by atoms with Crippen LogP contribution in [0.15, 0.2) is 16.9 Å². The molecule has 1 heterocycles. The second-order valence-corrected chi connectivity index (χ2v) is 6.12. The summed E-state index contributed by atoms with van der Waals surface area (Å²) in [5.41, 5.74) is 1.98. The van der Waals surface area contributed by atoms with Crippen molar-refractivity contribution >= 4 is 10.9 Å². The predicted octanol–water partition coefficient (Wildman–Crippen LogP) is 4.45. The summed E-state index contributed by atoms with van der Waals surface area (Å²) >= 11 is 0. The van der Waals surface area contributed by atoms with Gasteiger partial charge in [0.1, 0.15) is 5.75 Å². The molecule has 0 saturated heterocycles. The Morgan fingerprint density at radius 2 is 1.83 bits per heavy atom. The zero-order valence-corrected chi connectivity index (χ0v) is 14.4. The normalized spacial score (nSPS) is 11.1. The van der Waals surface area contributed by atoms with Crippen molar-refractivity contribution in [3.8, 4) is 11.5 Å². The molecule has 0 aliphatic heterocycles. The number of aryl methyl sites for hydroxylation is 2. The molecular formula is C19H27NO3. The number of phenolic OH excluding ortho intramolecular Hbond substituents is 1. The first-order chi connectivity index (χ1) is 11.1. The van der Waals surface area contributed by atoms with E-state index in [2.05, 4.69) is 11.9 Å². The topological polar surface area (TPSA) is 62.3 Å². The molecule has 0 aliphatic carbocycles. The summed E-state index contributed by atoms with van der Waals surface area (Å²) in [5, 5.41) is 10.6. The van der Waals surface area contributed by atoms with Crippen LogP contribution in [-0.2, 0) is 6.42 Å². The lowest BCUT2D eigenvalue weighted by atomic mass is 10.00. The maximum atomic E-state index is 12.7. The first kappa shape index (κ1) is 17.4. The number of hydrogen-bond donors (Lipinski definition) is 2. The number of nitrogens with one attached hydrogen (secondary N) is 1. The molecule has 0 unspecified atom stereocenters. The van der Waals surface area contributed by atoms with Gasteiger partial charge >= 0.3 is 0 Å². The van der Waals surface area contributed by atoms with E-state index in [1.165, 1.54) is 39.2 Å². The van der Waals surface area contributed by atoms with Gasteiger partial charge in [0.15, 0.2) is 5.75 Å². The van der Waals surface area contributed by atoms with E-state index in [0.29, 0.717) is 22.3 Å². The fourth-order valence-corrected chi connectivity index (χ4v) is 3.10. The number of phenols is 1. The monoisotopic (exact) mass is 317 g/mol. The zero-order chi connectivity index (χ0) is 16.8. The Kier molecular flexibility index (Phi) is 6.08. The molecule has 126 valence electrons. The maximum Gasteiger partial charge on any atom is 0.231 e. The fraction of sp³-hybridized carbons (Fsp3) is 0.526. The molecule has 0 spiro atoms. The van der Waals surface area contributed by atoms with Crippen molar-refractivity contribution in [1.29, 1.82) is 0 Å². The van der Waals surface area contributed by atoms with Gasteiger partial charge in [0.2, 0.25) is 5.43 Å². The minimum absolute atomic E-state index is 0.106. The van der Waals surface area contributed by atoms with Crippen molar-refractivity contribution in [2.45, 2.75) is 58.8 Å². The lowest BCUT2D eigenvalue weighted by Crippen LogP contribution is -2.11. The predicted molar refractivity (Wildman–Crippen MR) is 94.6 cm³/mol. The van der Waals surface area contributed by atoms with Gasteiger partial charge < -0.3 is 14.8 Å². The van der Waals surface area contributed by atoms with Crippen molar-refractivity contribution in [3.63, 3.8) is 0 Å². The molecule has 0 fully saturated rings. The van der Waals surface area contributed by atoms with Gasteiger partial charge in [-0.2, -0.15) is 0 Å². The molecular weight excluding hydrogens is 290 g/mol. The van der Waals surface area contributed by atoms with E-state index in [1.54, 1.807) is 13.0 Å². The van der Waals surface area contributed by atoms with Gasteiger partial charge in [0, 0.05) is 0 Å². The average molecular weight is 317 g/mol. The quantitative estimate of drug-likeness (QED) is 0.707. The van der Waals surface area contributed by atoms with Gasteiger partial charge in [-0.3, -0.25) is 4.79 Å². The highest BCUT2D eigenvalue weighted by Crippen LogP contribution is 2.27. The van der Waals surface area contributed by atoms with Crippen LogP contribution in [0, 0.1) is 6.92 Å². The van der Waals surface area contributed by atoms with Gasteiger partial charge in [-0.25, -0.2) is 0 Å². The summed E-state index contributed by atoms with van der Waals surface area (Å²) in [4.78, 5) is 15.8. The number of pyridine rings is 1. The number of rotatable bonds is 8. The molecule has 0 amide bonds. The highest BCUT2D eigenvalue weighted by Gasteiger charge is 2.15. The summed E-state index contributed by atoms with van der Waals surface area (Å²) < 4.78 is 5.22. The van der Waals surface area contributed by atoms with E-state index in [1.807, 2.05) is 6.07 Å². The van der Waals surface area contributed by atoms with Gasteiger partial charge in [0.05, 0.1) is 23.7 Å². The molecule has 4 nitrogen and oxygen atoms in total. The molecule has 2 N–H and O–H groups in total. The Labute approximate surface area is 137 Å². The number of H-pyrrole nitrogens is 1. The number of hydrogen-bond acceptors (Lipinski definition) is 3. The van der Waals surface area contributed by atoms with Crippen LogP contribution in [-0.4, -0.2) is 17.2 Å². The average Bonchev–Trinajstić information content (AvgIpc) is 2.53. The number of aromatic amines is 1. The number of aromatic hydroxyl groups is 1. The standard InChI is InChI=1S/C19H27NO3/c1-4-5-6-7-8-9-10-14-11-12-15(21)17-16(14)18(22)19(23-3)13(2)20-17/h11-12,21H,4-10H2,1-3H3,(H,20,22). The molecule has 0 radical (unpaired) electrons. The highest BCUT2D eigenvalue weighted by atomic mass is 16.5. The minimum atomic E-state index is -0.143. The summed E-state index contributed by atoms with van der Waals surface area (Å²) in [6.07, 6.45) is 8.12. The number of methoxy groups -OCH3 is 1. The highest BCUT2D eigenvalue weighted by molar-refractivity contribution is 5.88. The van der Waals surface area contributed by atoms with Crippen LogP contribution in [0.3, 0.4) is 0 Å². The van der Waals surface area contributed by atoms with Crippen LogP contribution in [0.4, 0.5) is 0 Å². The van der Waals surface area contributed by atoms with Crippen LogP contribution in [0.5, 0.6) is 11.5 Å².